The van der Waals surface area contributed by atoms with Crippen LogP contribution in [0.1, 0.15) is 19.4 Å². The van der Waals surface area contributed by atoms with Crippen LogP contribution in [0.25, 0.3) is 0 Å². The molecular formula is C9H10FIO. The Morgan fingerprint density at radius 2 is 2.00 bits per heavy atom. The van der Waals surface area contributed by atoms with E-state index in [2.05, 4.69) is 0 Å². The van der Waals surface area contributed by atoms with Crippen molar-refractivity contribution >= 4 is 20.8 Å². The first kappa shape index (κ1) is 8.44. The SMILES string of the molecule is CC1(C)OI([18F])c2ccccc21. The van der Waals surface area contributed by atoms with E-state index in [4.69, 9.17) is 3.07 Å². The number of benzene rings is 1. The van der Waals surface area contributed by atoms with E-state index in [0.29, 0.717) is 0 Å². The summed E-state index contributed by atoms with van der Waals surface area (Å²) >= 11 is -2.74. The summed E-state index contributed by atoms with van der Waals surface area (Å²) in [6.07, 6.45) is 0. The zero-order valence-corrected chi connectivity index (χ0v) is 9.13. The molecule has 0 radical (unpaired) electrons. The van der Waals surface area contributed by atoms with E-state index in [1.165, 1.54) is 0 Å². The Morgan fingerprint density at radius 1 is 1.33 bits per heavy atom. The molecule has 1 aliphatic heterocycles. The summed E-state index contributed by atoms with van der Waals surface area (Å²) in [5, 5.41) is 0. The summed E-state index contributed by atoms with van der Waals surface area (Å²) in [5.74, 6) is 0. The Hall–Kier alpha value is -0.160. The van der Waals surface area contributed by atoms with E-state index in [9.17, 15) is 2.86 Å². The fraction of sp³-hybridized carbons (Fsp3) is 0.333. The van der Waals surface area contributed by atoms with Crippen molar-refractivity contribution in [1.82, 2.24) is 0 Å². The Morgan fingerprint density at radius 3 is 2.67 bits per heavy atom. The van der Waals surface area contributed by atoms with Gasteiger partial charge in [-0.2, -0.15) is 0 Å². The van der Waals surface area contributed by atoms with Crippen LogP contribution in [0.5, 0.6) is 0 Å². The zero-order valence-electron chi connectivity index (χ0n) is 6.97. The van der Waals surface area contributed by atoms with Gasteiger partial charge in [0.15, 0.2) is 0 Å². The van der Waals surface area contributed by atoms with E-state index in [0.717, 1.165) is 9.13 Å². The molecule has 0 unspecified atom stereocenters. The third kappa shape index (κ3) is 1.15. The molecule has 0 saturated carbocycles. The first-order chi connectivity index (χ1) is 5.61. The average molecular weight is 279 g/mol. The Balaban J connectivity index is 2.58. The van der Waals surface area contributed by atoms with Crippen LogP contribution in [-0.4, -0.2) is 0 Å². The van der Waals surface area contributed by atoms with Crippen LogP contribution in [0.2, 0.25) is 0 Å². The predicted molar refractivity (Wildman–Crippen MR) is 54.4 cm³/mol. The van der Waals surface area contributed by atoms with Gasteiger partial charge in [0, 0.05) is 0 Å². The van der Waals surface area contributed by atoms with Gasteiger partial charge in [-0.15, -0.1) is 0 Å². The zero-order chi connectivity index (χ0) is 8.77. The van der Waals surface area contributed by atoms with Gasteiger partial charge in [0.25, 0.3) is 0 Å². The first-order valence-electron chi connectivity index (χ1n) is 3.77. The van der Waals surface area contributed by atoms with Crippen molar-refractivity contribution in [3.8, 4) is 0 Å². The van der Waals surface area contributed by atoms with Crippen LogP contribution < -0.4 is 0 Å². The summed E-state index contributed by atoms with van der Waals surface area (Å²) in [7, 11) is 0. The number of rotatable bonds is 0. The van der Waals surface area contributed by atoms with Crippen molar-refractivity contribution in [1.29, 1.82) is 0 Å². The maximum atomic E-state index is 13.3. The molecule has 66 valence electrons. The van der Waals surface area contributed by atoms with Gasteiger partial charge in [0.05, 0.1) is 0 Å². The maximum absolute atomic E-state index is 13.3. The van der Waals surface area contributed by atoms with Crippen LogP contribution in [0.15, 0.2) is 24.3 Å². The number of hydrogen-bond donors (Lipinski definition) is 0. The van der Waals surface area contributed by atoms with Crippen LogP contribution in [0.3, 0.4) is 0 Å². The summed E-state index contributed by atoms with van der Waals surface area (Å²) in [5.41, 5.74) is 0.619. The molecule has 2 rings (SSSR count). The summed E-state index contributed by atoms with van der Waals surface area (Å²) in [6.45, 7) is 3.84. The quantitative estimate of drug-likeness (QED) is 0.661. The molecule has 0 aromatic heterocycles. The Kier molecular flexibility index (Phi) is 1.88. The second kappa shape index (κ2) is 2.67. The van der Waals surface area contributed by atoms with Crippen molar-refractivity contribution in [2.75, 3.05) is 0 Å². The van der Waals surface area contributed by atoms with E-state index in [1.807, 2.05) is 38.1 Å². The predicted octanol–water partition coefficient (Wildman–Crippen LogP) is 3.43. The number of fused-ring (bicyclic) bond motifs is 1. The third-order valence-electron chi connectivity index (χ3n) is 1.94. The Labute approximate surface area is 79.6 Å². The van der Waals surface area contributed by atoms with Gasteiger partial charge in [-0.25, -0.2) is 0 Å². The molecule has 0 atom stereocenters. The molecule has 0 N–H and O–H groups in total. The van der Waals surface area contributed by atoms with Gasteiger partial charge < -0.3 is 0 Å². The minimum atomic E-state index is -2.74. The molecule has 3 heteroatoms. The van der Waals surface area contributed by atoms with E-state index >= 15 is 0 Å². The van der Waals surface area contributed by atoms with Gasteiger partial charge in [-0.05, 0) is 0 Å². The van der Waals surface area contributed by atoms with Gasteiger partial charge in [-0.3, -0.25) is 0 Å². The molecule has 1 aromatic carbocycles. The normalized spacial score (nSPS) is 22.4. The molecule has 0 fully saturated rings. The van der Waals surface area contributed by atoms with Gasteiger partial charge >= 0.3 is 79.6 Å². The van der Waals surface area contributed by atoms with Crippen molar-refractivity contribution in [3.63, 3.8) is 0 Å². The number of halogens is 2. The standard InChI is InChI=1S/C9H10FIO/c1-9(2)7-5-3-4-6-8(7)11(10)12-9/h3-6H,1-2H3/i10-1. The molecule has 1 nitrogen and oxygen atoms in total. The third-order valence-corrected chi connectivity index (χ3v) is 5.29. The fourth-order valence-electron chi connectivity index (χ4n) is 1.33. The molecule has 0 spiro atoms. The second-order valence-corrected chi connectivity index (χ2v) is 6.06. The van der Waals surface area contributed by atoms with Crippen LogP contribution >= 0.6 is 20.8 Å². The van der Waals surface area contributed by atoms with Crippen molar-refractivity contribution in [2.24, 2.45) is 0 Å². The topological polar surface area (TPSA) is 9.23 Å². The summed E-state index contributed by atoms with van der Waals surface area (Å²) < 4.78 is 19.5. The van der Waals surface area contributed by atoms with Crippen LogP contribution in [0.4, 0.5) is 2.86 Å². The summed E-state index contributed by atoms with van der Waals surface area (Å²) in [6, 6.07) is 7.59. The molecule has 0 saturated heterocycles. The molecular weight excluding hydrogens is 269 g/mol. The van der Waals surface area contributed by atoms with E-state index in [1.54, 1.807) is 0 Å². The first-order valence-corrected chi connectivity index (χ1v) is 6.54. The van der Waals surface area contributed by atoms with E-state index in [-0.39, 0.29) is 0 Å². The molecule has 12 heavy (non-hydrogen) atoms. The molecule has 0 bridgehead atoms. The van der Waals surface area contributed by atoms with Crippen molar-refractivity contribution < 1.29 is 5.93 Å². The average Bonchev–Trinajstić information content (AvgIpc) is 2.25. The van der Waals surface area contributed by atoms with E-state index < -0.39 is 26.4 Å². The molecule has 0 aliphatic carbocycles. The molecule has 1 heterocycles. The van der Waals surface area contributed by atoms with Gasteiger partial charge in [-0.1, -0.05) is 0 Å². The minimum absolute atomic E-state index is 0.407. The van der Waals surface area contributed by atoms with Crippen LogP contribution in [0, 0.1) is 3.57 Å². The van der Waals surface area contributed by atoms with Crippen molar-refractivity contribution in [2.45, 2.75) is 19.4 Å². The van der Waals surface area contributed by atoms with Gasteiger partial charge in [0.2, 0.25) is 0 Å². The molecule has 1 aliphatic rings. The second-order valence-electron chi connectivity index (χ2n) is 3.27. The molecule has 1 aromatic rings. The molecule has 0 amide bonds. The monoisotopic (exact) mass is 279 g/mol. The fourth-order valence-corrected chi connectivity index (χ4v) is 4.55. The van der Waals surface area contributed by atoms with Crippen molar-refractivity contribution in [3.05, 3.63) is 33.4 Å². The Bertz CT molecular complexity index is 311. The van der Waals surface area contributed by atoms with Crippen LogP contribution in [-0.2, 0) is 8.67 Å². The number of hydrogen-bond acceptors (Lipinski definition) is 1. The van der Waals surface area contributed by atoms with Gasteiger partial charge in [0.1, 0.15) is 0 Å². The summed E-state index contributed by atoms with van der Waals surface area (Å²) in [4.78, 5) is 0.